The number of ether oxygens (including phenoxy) is 2. The topological polar surface area (TPSA) is 92.8 Å². The maximum atomic E-state index is 14.5. The number of likely N-dealkylation sites (N-methyl/N-ethyl adjacent to an activating group) is 1. The van der Waals surface area contributed by atoms with Gasteiger partial charge in [0.25, 0.3) is 11.8 Å². The summed E-state index contributed by atoms with van der Waals surface area (Å²) in [6, 6.07) is 4.50. The molecule has 1 aromatic carbocycles. The van der Waals surface area contributed by atoms with Crippen LogP contribution in [0.5, 0.6) is 5.75 Å². The van der Waals surface area contributed by atoms with Crippen molar-refractivity contribution in [3.63, 3.8) is 0 Å². The number of alkyl halides is 3. The quantitative estimate of drug-likeness (QED) is 0.525. The number of nitrogens with zero attached hydrogens (tertiary/aromatic N) is 2. The largest absolute Gasteiger partial charge is 0.493 e. The Morgan fingerprint density at radius 1 is 1.26 bits per heavy atom. The first kappa shape index (κ1) is 28.7. The molecule has 2 saturated heterocycles. The molecular formula is C26H29F5N4O4. The van der Waals surface area contributed by atoms with Crippen molar-refractivity contribution in [3.05, 3.63) is 53.4 Å². The van der Waals surface area contributed by atoms with E-state index in [0.29, 0.717) is 6.54 Å². The molecule has 3 heterocycles. The van der Waals surface area contributed by atoms with Gasteiger partial charge >= 0.3 is 6.18 Å². The van der Waals surface area contributed by atoms with E-state index in [-0.39, 0.29) is 28.9 Å². The van der Waals surface area contributed by atoms with Crippen LogP contribution in [0.15, 0.2) is 30.5 Å². The summed E-state index contributed by atoms with van der Waals surface area (Å²) in [6.45, 7) is 3.43. The zero-order chi connectivity index (χ0) is 28.7. The van der Waals surface area contributed by atoms with Gasteiger partial charge in [-0.15, -0.1) is 0 Å². The Balaban J connectivity index is 1.66. The number of carbonyl (C=O) groups is 2. The highest BCUT2D eigenvalue weighted by Crippen LogP contribution is 2.55. The number of nitrogens with one attached hydrogen (secondary N) is 2. The number of methoxy groups -OCH3 is 1. The van der Waals surface area contributed by atoms with Crippen molar-refractivity contribution in [1.29, 1.82) is 0 Å². The van der Waals surface area contributed by atoms with Crippen molar-refractivity contribution in [1.82, 2.24) is 15.2 Å². The SMILES string of the molecule is COc1c([C@H]2[C@H](C(=O)Nc3ccnc(C(=O)N(C)[C@@H]4CCNC4)c3)O[C@@](C)(C(F)(F)F)[C@H]2C)ccc(F)c1F. The van der Waals surface area contributed by atoms with Crippen LogP contribution in [0.25, 0.3) is 0 Å². The first-order valence-corrected chi connectivity index (χ1v) is 12.3. The number of rotatable bonds is 6. The highest BCUT2D eigenvalue weighted by Gasteiger charge is 2.66. The molecule has 2 fully saturated rings. The van der Waals surface area contributed by atoms with Crippen molar-refractivity contribution in [2.75, 3.05) is 32.6 Å². The Morgan fingerprint density at radius 3 is 2.59 bits per heavy atom. The summed E-state index contributed by atoms with van der Waals surface area (Å²) < 4.78 is 81.2. The van der Waals surface area contributed by atoms with Gasteiger partial charge in [-0.1, -0.05) is 13.0 Å². The Labute approximate surface area is 221 Å². The van der Waals surface area contributed by atoms with Gasteiger partial charge in [0.05, 0.1) is 7.11 Å². The number of benzene rings is 1. The molecule has 0 radical (unpaired) electrons. The van der Waals surface area contributed by atoms with Crippen LogP contribution in [-0.4, -0.2) is 72.9 Å². The highest BCUT2D eigenvalue weighted by molar-refractivity contribution is 5.98. The Bertz CT molecular complexity index is 1250. The molecular weight excluding hydrogens is 527 g/mol. The molecule has 1 aromatic heterocycles. The fourth-order valence-corrected chi connectivity index (χ4v) is 5.20. The molecule has 0 aliphatic carbocycles. The van der Waals surface area contributed by atoms with Gasteiger partial charge in [-0.3, -0.25) is 14.6 Å². The highest BCUT2D eigenvalue weighted by atomic mass is 19.4. The minimum atomic E-state index is -4.89. The normalized spacial score (nSPS) is 26.9. The molecule has 2 aliphatic heterocycles. The number of aromatic nitrogens is 1. The fraction of sp³-hybridized carbons (Fsp3) is 0.500. The van der Waals surface area contributed by atoms with E-state index in [0.717, 1.165) is 39.1 Å². The minimum absolute atomic E-state index is 0.0295. The summed E-state index contributed by atoms with van der Waals surface area (Å²) >= 11 is 0. The van der Waals surface area contributed by atoms with E-state index >= 15 is 0 Å². The van der Waals surface area contributed by atoms with E-state index in [9.17, 15) is 31.5 Å². The molecule has 5 atom stereocenters. The second-order valence-electron chi connectivity index (χ2n) is 9.92. The summed E-state index contributed by atoms with van der Waals surface area (Å²) in [6.07, 6.45) is -4.59. The van der Waals surface area contributed by atoms with E-state index in [1.165, 1.54) is 30.2 Å². The monoisotopic (exact) mass is 556 g/mol. The lowest BCUT2D eigenvalue weighted by atomic mass is 9.77. The van der Waals surface area contributed by atoms with Gasteiger partial charge in [0.15, 0.2) is 17.2 Å². The van der Waals surface area contributed by atoms with Crippen molar-refractivity contribution < 1.29 is 41.0 Å². The predicted octanol–water partition coefficient (Wildman–Crippen LogP) is 3.88. The molecule has 0 saturated carbocycles. The zero-order valence-corrected chi connectivity index (χ0v) is 21.7. The minimum Gasteiger partial charge on any atom is -0.493 e. The summed E-state index contributed by atoms with van der Waals surface area (Å²) in [7, 11) is 2.69. The second-order valence-corrected chi connectivity index (χ2v) is 9.92. The number of pyridine rings is 1. The average Bonchev–Trinajstić information content (AvgIpc) is 3.52. The van der Waals surface area contributed by atoms with Crippen LogP contribution in [0.2, 0.25) is 0 Å². The molecule has 4 rings (SSSR count). The van der Waals surface area contributed by atoms with Crippen molar-refractivity contribution in [2.24, 2.45) is 5.92 Å². The van der Waals surface area contributed by atoms with Crippen LogP contribution in [-0.2, 0) is 9.53 Å². The first-order chi connectivity index (χ1) is 18.3. The van der Waals surface area contributed by atoms with Gasteiger partial charge in [-0.25, -0.2) is 4.39 Å². The van der Waals surface area contributed by atoms with Crippen LogP contribution in [0.1, 0.15) is 42.2 Å². The Morgan fingerprint density at radius 2 is 1.97 bits per heavy atom. The molecule has 0 bridgehead atoms. The van der Waals surface area contributed by atoms with E-state index in [1.807, 2.05) is 0 Å². The van der Waals surface area contributed by atoms with Gasteiger partial charge in [0.1, 0.15) is 11.8 Å². The first-order valence-electron chi connectivity index (χ1n) is 12.3. The maximum absolute atomic E-state index is 14.5. The Kier molecular flexibility index (Phi) is 7.86. The summed E-state index contributed by atoms with van der Waals surface area (Å²) in [5, 5.41) is 5.66. The summed E-state index contributed by atoms with van der Waals surface area (Å²) in [5.74, 6) is -7.36. The molecule has 2 aliphatic rings. The number of hydrogen-bond acceptors (Lipinski definition) is 6. The second kappa shape index (κ2) is 10.7. The molecule has 39 heavy (non-hydrogen) atoms. The van der Waals surface area contributed by atoms with E-state index < -0.39 is 53.0 Å². The lowest BCUT2D eigenvalue weighted by molar-refractivity contribution is -0.272. The van der Waals surface area contributed by atoms with Crippen LogP contribution < -0.4 is 15.4 Å². The molecule has 8 nitrogen and oxygen atoms in total. The fourth-order valence-electron chi connectivity index (χ4n) is 5.20. The van der Waals surface area contributed by atoms with Crippen LogP contribution in [0.4, 0.5) is 27.6 Å². The van der Waals surface area contributed by atoms with Crippen LogP contribution >= 0.6 is 0 Å². The maximum Gasteiger partial charge on any atom is 0.417 e. The lowest BCUT2D eigenvalue weighted by Gasteiger charge is -2.32. The third-order valence-corrected chi connectivity index (χ3v) is 7.72. The number of halogens is 5. The molecule has 212 valence electrons. The molecule has 13 heteroatoms. The Hall–Kier alpha value is -3.32. The average molecular weight is 557 g/mol. The van der Waals surface area contributed by atoms with Gasteiger partial charge in [0.2, 0.25) is 5.82 Å². The molecule has 2 aromatic rings. The van der Waals surface area contributed by atoms with E-state index in [1.54, 1.807) is 7.05 Å². The third kappa shape index (κ3) is 5.17. The molecule has 0 spiro atoms. The van der Waals surface area contributed by atoms with Crippen molar-refractivity contribution in [3.8, 4) is 5.75 Å². The molecule has 0 unspecified atom stereocenters. The predicted molar refractivity (Wildman–Crippen MR) is 130 cm³/mol. The van der Waals surface area contributed by atoms with Crippen molar-refractivity contribution in [2.45, 2.75) is 50.1 Å². The molecule has 2 amide bonds. The standard InChI is InChI=1S/C26H29F5N4O4/c1-13-19(16-5-6-17(27)20(28)21(16)38-4)22(39-25(13,2)26(29,30)31)23(36)34-14-7-10-33-18(11-14)24(37)35(3)15-8-9-32-12-15/h5-7,10-11,13,15,19,22,32H,8-9,12H2,1-4H3,(H,33,34,36)/t13-,15+,19-,22+,25+/m0/s1. The van der Waals surface area contributed by atoms with Gasteiger partial charge in [-0.2, -0.15) is 17.6 Å². The van der Waals surface area contributed by atoms with E-state index in [2.05, 4.69) is 15.6 Å². The third-order valence-electron chi connectivity index (χ3n) is 7.72. The van der Waals surface area contributed by atoms with Gasteiger partial charge in [0, 0.05) is 48.9 Å². The molecule has 2 N–H and O–H groups in total. The zero-order valence-electron chi connectivity index (χ0n) is 21.7. The smallest absolute Gasteiger partial charge is 0.417 e. The van der Waals surface area contributed by atoms with Gasteiger partial charge in [-0.05, 0) is 38.1 Å². The van der Waals surface area contributed by atoms with Crippen LogP contribution in [0, 0.1) is 17.6 Å². The number of amides is 2. The number of hydrogen-bond donors (Lipinski definition) is 2. The van der Waals surface area contributed by atoms with Gasteiger partial charge < -0.3 is 25.0 Å². The lowest BCUT2D eigenvalue weighted by Crippen LogP contribution is -2.47. The summed E-state index contributed by atoms with van der Waals surface area (Å²) in [4.78, 5) is 31.9. The number of anilines is 1. The van der Waals surface area contributed by atoms with E-state index in [4.69, 9.17) is 9.47 Å². The van der Waals surface area contributed by atoms with Crippen LogP contribution in [0.3, 0.4) is 0 Å². The summed E-state index contributed by atoms with van der Waals surface area (Å²) in [5.41, 5.74) is -2.80. The number of carbonyl (C=O) groups excluding carboxylic acids is 2. The van der Waals surface area contributed by atoms with Crippen molar-refractivity contribution >= 4 is 17.5 Å².